The summed E-state index contributed by atoms with van der Waals surface area (Å²) in [6.45, 7) is 0. The van der Waals surface area contributed by atoms with Crippen LogP contribution >= 0.6 is 0 Å². The largest absolute Gasteiger partial charge is 0.384 e. The van der Waals surface area contributed by atoms with E-state index in [1.807, 2.05) is 12.1 Å². The molecule has 1 aromatic heterocycles. The first-order chi connectivity index (χ1) is 12.1. The molecule has 2 aromatic carbocycles. The first kappa shape index (κ1) is 16.0. The standard InChI is InChI=1S/C19H11FN4O/c20-13-8-6-12(7-9-13)17-15(10-21)18(23)24(19(25)16(17)11-22)14-4-2-1-3-5-14/h1-9H,23H2. The summed E-state index contributed by atoms with van der Waals surface area (Å²) >= 11 is 0. The highest BCUT2D eigenvalue weighted by molar-refractivity contribution is 5.81. The second-order valence-corrected chi connectivity index (χ2v) is 5.22. The van der Waals surface area contributed by atoms with Crippen LogP contribution in [0.5, 0.6) is 0 Å². The van der Waals surface area contributed by atoms with E-state index in [-0.39, 0.29) is 22.5 Å². The lowest BCUT2D eigenvalue weighted by Crippen LogP contribution is -2.26. The molecule has 3 aromatic rings. The van der Waals surface area contributed by atoms with Crippen LogP contribution < -0.4 is 11.3 Å². The number of anilines is 1. The van der Waals surface area contributed by atoms with E-state index in [0.29, 0.717) is 11.3 Å². The predicted molar refractivity (Wildman–Crippen MR) is 91.3 cm³/mol. The van der Waals surface area contributed by atoms with Crippen molar-refractivity contribution in [3.05, 3.63) is 81.9 Å². The smallest absolute Gasteiger partial charge is 0.275 e. The Bertz CT molecular complexity index is 1090. The summed E-state index contributed by atoms with van der Waals surface area (Å²) in [5.41, 5.74) is 6.14. The average molecular weight is 330 g/mol. The van der Waals surface area contributed by atoms with E-state index < -0.39 is 11.4 Å². The van der Waals surface area contributed by atoms with Gasteiger partial charge in [-0.2, -0.15) is 10.5 Å². The Labute approximate surface area is 142 Å². The molecular weight excluding hydrogens is 319 g/mol. The highest BCUT2D eigenvalue weighted by atomic mass is 19.1. The number of halogens is 1. The van der Waals surface area contributed by atoms with E-state index >= 15 is 0 Å². The fourth-order valence-electron chi connectivity index (χ4n) is 2.65. The molecule has 0 aliphatic heterocycles. The van der Waals surface area contributed by atoms with Crippen molar-refractivity contribution in [3.8, 4) is 29.0 Å². The van der Waals surface area contributed by atoms with Gasteiger partial charge in [0.1, 0.15) is 34.9 Å². The van der Waals surface area contributed by atoms with Gasteiger partial charge < -0.3 is 5.73 Å². The Morgan fingerprint density at radius 3 is 2.08 bits per heavy atom. The quantitative estimate of drug-likeness (QED) is 0.781. The molecule has 3 rings (SSSR count). The zero-order valence-corrected chi connectivity index (χ0v) is 12.9. The molecule has 120 valence electrons. The van der Waals surface area contributed by atoms with Gasteiger partial charge in [-0.1, -0.05) is 30.3 Å². The molecule has 6 heteroatoms. The molecular formula is C19H11FN4O. The minimum atomic E-state index is -0.635. The number of rotatable bonds is 2. The average Bonchev–Trinajstić information content (AvgIpc) is 2.63. The maximum Gasteiger partial charge on any atom is 0.275 e. The number of nitriles is 2. The van der Waals surface area contributed by atoms with Crippen LogP contribution in [-0.4, -0.2) is 4.57 Å². The Balaban J connectivity index is 2.44. The highest BCUT2D eigenvalue weighted by Gasteiger charge is 2.22. The summed E-state index contributed by atoms with van der Waals surface area (Å²) in [6, 6.07) is 17.5. The predicted octanol–water partition coefficient (Wildman–Crippen LogP) is 2.97. The number of aromatic nitrogens is 1. The summed E-state index contributed by atoms with van der Waals surface area (Å²) in [6.07, 6.45) is 0. The van der Waals surface area contributed by atoms with Crippen LogP contribution in [0.3, 0.4) is 0 Å². The van der Waals surface area contributed by atoms with Crippen molar-refractivity contribution in [1.82, 2.24) is 4.57 Å². The first-order valence-corrected chi connectivity index (χ1v) is 7.28. The Morgan fingerprint density at radius 1 is 0.920 bits per heavy atom. The van der Waals surface area contributed by atoms with Gasteiger partial charge in [0.05, 0.1) is 5.69 Å². The Morgan fingerprint density at radius 2 is 1.52 bits per heavy atom. The number of nitrogens with two attached hydrogens (primary N) is 1. The van der Waals surface area contributed by atoms with E-state index in [1.54, 1.807) is 30.3 Å². The molecule has 0 spiro atoms. The third kappa shape index (κ3) is 2.62. The summed E-state index contributed by atoms with van der Waals surface area (Å²) in [5, 5.41) is 19.1. The fourth-order valence-corrected chi connectivity index (χ4v) is 2.65. The number of hydrogen-bond donors (Lipinski definition) is 1. The van der Waals surface area contributed by atoms with Crippen LogP contribution in [0, 0.1) is 28.5 Å². The van der Waals surface area contributed by atoms with Gasteiger partial charge in [0.25, 0.3) is 5.56 Å². The van der Waals surface area contributed by atoms with Crippen LogP contribution in [0.4, 0.5) is 10.2 Å². The Hall–Kier alpha value is -3.90. The summed E-state index contributed by atoms with van der Waals surface area (Å²) < 4.78 is 14.3. The molecule has 0 radical (unpaired) electrons. The van der Waals surface area contributed by atoms with Gasteiger partial charge in [-0.25, -0.2) is 4.39 Å². The van der Waals surface area contributed by atoms with Crippen LogP contribution in [0.15, 0.2) is 59.4 Å². The number of nitrogen functional groups attached to an aromatic ring is 1. The fraction of sp³-hybridized carbons (Fsp3) is 0. The molecule has 0 aliphatic rings. The lowest BCUT2D eigenvalue weighted by Gasteiger charge is -2.15. The van der Waals surface area contributed by atoms with Gasteiger partial charge in [-0.05, 0) is 29.8 Å². The molecule has 0 saturated carbocycles. The van der Waals surface area contributed by atoms with E-state index in [9.17, 15) is 19.7 Å². The molecule has 25 heavy (non-hydrogen) atoms. The van der Waals surface area contributed by atoms with Crippen molar-refractivity contribution >= 4 is 5.82 Å². The zero-order chi connectivity index (χ0) is 18.0. The van der Waals surface area contributed by atoms with Crippen molar-refractivity contribution in [1.29, 1.82) is 10.5 Å². The van der Waals surface area contributed by atoms with E-state index in [2.05, 4.69) is 0 Å². The summed E-state index contributed by atoms with van der Waals surface area (Å²) in [5.74, 6) is -0.539. The van der Waals surface area contributed by atoms with Gasteiger partial charge in [0, 0.05) is 5.56 Å². The lowest BCUT2D eigenvalue weighted by atomic mass is 9.96. The molecule has 0 fully saturated rings. The van der Waals surface area contributed by atoms with Gasteiger partial charge in [0.2, 0.25) is 0 Å². The molecule has 0 aliphatic carbocycles. The van der Waals surface area contributed by atoms with E-state index in [1.165, 1.54) is 24.3 Å². The minimum absolute atomic E-state index is 0.00777. The normalized spacial score (nSPS) is 10.0. The topological polar surface area (TPSA) is 95.6 Å². The van der Waals surface area contributed by atoms with Crippen molar-refractivity contribution < 1.29 is 4.39 Å². The number of nitrogens with zero attached hydrogens (tertiary/aromatic N) is 3. The maximum absolute atomic E-state index is 13.2. The molecule has 2 N–H and O–H groups in total. The van der Waals surface area contributed by atoms with E-state index in [0.717, 1.165) is 4.57 Å². The maximum atomic E-state index is 13.2. The third-order valence-corrected chi connectivity index (χ3v) is 3.78. The molecule has 0 saturated heterocycles. The second kappa shape index (κ2) is 6.31. The molecule has 1 heterocycles. The zero-order valence-electron chi connectivity index (χ0n) is 12.9. The van der Waals surface area contributed by atoms with Gasteiger partial charge in [-0.15, -0.1) is 0 Å². The molecule has 0 atom stereocenters. The number of benzene rings is 2. The molecule has 0 amide bonds. The second-order valence-electron chi connectivity index (χ2n) is 5.22. The van der Waals surface area contributed by atoms with E-state index in [4.69, 9.17) is 5.73 Å². The number of para-hydroxylation sites is 1. The SMILES string of the molecule is N#Cc1c(-c2ccc(F)cc2)c(C#N)c(=O)n(-c2ccccc2)c1N. The molecule has 0 bridgehead atoms. The van der Waals surface area contributed by atoms with Gasteiger partial charge >= 0.3 is 0 Å². The first-order valence-electron chi connectivity index (χ1n) is 7.28. The van der Waals surface area contributed by atoms with Crippen molar-refractivity contribution in [2.24, 2.45) is 0 Å². The summed E-state index contributed by atoms with van der Waals surface area (Å²) in [4.78, 5) is 12.8. The number of hydrogen-bond acceptors (Lipinski definition) is 4. The lowest BCUT2D eigenvalue weighted by molar-refractivity contribution is 0.628. The Kier molecular flexibility index (Phi) is 4.03. The van der Waals surface area contributed by atoms with Crippen LogP contribution in [-0.2, 0) is 0 Å². The highest BCUT2D eigenvalue weighted by Crippen LogP contribution is 2.30. The summed E-state index contributed by atoms with van der Waals surface area (Å²) in [7, 11) is 0. The number of pyridine rings is 1. The van der Waals surface area contributed by atoms with Gasteiger partial charge in [0.15, 0.2) is 0 Å². The van der Waals surface area contributed by atoms with Crippen molar-refractivity contribution in [3.63, 3.8) is 0 Å². The monoisotopic (exact) mass is 330 g/mol. The third-order valence-electron chi connectivity index (χ3n) is 3.78. The van der Waals surface area contributed by atoms with Crippen LogP contribution in [0.2, 0.25) is 0 Å². The van der Waals surface area contributed by atoms with Crippen molar-refractivity contribution in [2.75, 3.05) is 5.73 Å². The van der Waals surface area contributed by atoms with Gasteiger partial charge in [-0.3, -0.25) is 9.36 Å². The minimum Gasteiger partial charge on any atom is -0.384 e. The molecule has 5 nitrogen and oxygen atoms in total. The van der Waals surface area contributed by atoms with Crippen LogP contribution in [0.25, 0.3) is 16.8 Å². The van der Waals surface area contributed by atoms with Crippen molar-refractivity contribution in [2.45, 2.75) is 0 Å². The van der Waals surface area contributed by atoms with Crippen LogP contribution in [0.1, 0.15) is 11.1 Å². The molecule has 0 unspecified atom stereocenters.